The second-order valence-corrected chi connectivity index (χ2v) is 3.57. The summed E-state index contributed by atoms with van der Waals surface area (Å²) < 4.78 is 4.83. The Hall–Kier alpha value is -2.04. The third-order valence-electron chi connectivity index (χ3n) is 2.16. The van der Waals surface area contributed by atoms with Crippen LogP contribution >= 0.6 is 0 Å². The van der Waals surface area contributed by atoms with Crippen LogP contribution < -0.4 is 5.32 Å². The number of ether oxygens (including phenoxy) is 1. The molecule has 0 aromatic heterocycles. The molecule has 0 saturated heterocycles. The Morgan fingerprint density at radius 3 is 2.35 bits per heavy atom. The number of esters is 1. The van der Waals surface area contributed by atoms with E-state index in [-0.39, 0.29) is 5.97 Å². The molecule has 5 heteroatoms. The summed E-state index contributed by atoms with van der Waals surface area (Å²) in [5.41, 5.74) is 1.94. The summed E-state index contributed by atoms with van der Waals surface area (Å²) >= 11 is 0. The van der Waals surface area contributed by atoms with E-state index in [4.69, 9.17) is 9.84 Å². The highest BCUT2D eigenvalue weighted by atomic mass is 16.5. The van der Waals surface area contributed by atoms with Gasteiger partial charge in [0.2, 0.25) is 0 Å². The predicted octanol–water partition coefficient (Wildman–Crippen LogP) is 1.56. The molecule has 0 aliphatic heterocycles. The van der Waals surface area contributed by atoms with Gasteiger partial charge in [-0.2, -0.15) is 0 Å². The van der Waals surface area contributed by atoms with Crippen molar-refractivity contribution in [2.24, 2.45) is 0 Å². The maximum Gasteiger partial charge on any atom is 0.404 e. The van der Waals surface area contributed by atoms with Crippen LogP contribution in [0.3, 0.4) is 0 Å². The SMILES string of the molecule is CC(=O)OCCc1ccc(CNC(=O)O)cc1. The Balaban J connectivity index is 2.39. The molecular formula is C12H15NO4. The number of rotatable bonds is 5. The highest BCUT2D eigenvalue weighted by Gasteiger charge is 1.98. The van der Waals surface area contributed by atoms with Gasteiger partial charge in [0.05, 0.1) is 6.61 Å². The molecule has 2 N–H and O–H groups in total. The lowest BCUT2D eigenvalue weighted by molar-refractivity contribution is -0.140. The maximum absolute atomic E-state index is 10.6. The minimum Gasteiger partial charge on any atom is -0.466 e. The molecule has 0 heterocycles. The lowest BCUT2D eigenvalue weighted by Gasteiger charge is -2.04. The van der Waals surface area contributed by atoms with Gasteiger partial charge in [0.1, 0.15) is 0 Å². The van der Waals surface area contributed by atoms with Gasteiger partial charge in [0, 0.05) is 19.9 Å². The summed E-state index contributed by atoms with van der Waals surface area (Å²) in [4.78, 5) is 20.8. The van der Waals surface area contributed by atoms with Crippen LogP contribution in [0.25, 0.3) is 0 Å². The van der Waals surface area contributed by atoms with E-state index in [1.165, 1.54) is 6.92 Å². The number of carbonyl (C=O) groups is 2. The van der Waals surface area contributed by atoms with E-state index in [9.17, 15) is 9.59 Å². The van der Waals surface area contributed by atoms with E-state index in [1.807, 2.05) is 24.3 Å². The Morgan fingerprint density at radius 2 is 1.82 bits per heavy atom. The molecule has 0 fully saturated rings. The molecular weight excluding hydrogens is 222 g/mol. The molecule has 0 spiro atoms. The van der Waals surface area contributed by atoms with Gasteiger partial charge in [0.25, 0.3) is 0 Å². The number of nitrogens with one attached hydrogen (secondary N) is 1. The largest absolute Gasteiger partial charge is 0.466 e. The van der Waals surface area contributed by atoms with E-state index >= 15 is 0 Å². The zero-order valence-electron chi connectivity index (χ0n) is 9.60. The highest BCUT2D eigenvalue weighted by Crippen LogP contribution is 2.05. The zero-order chi connectivity index (χ0) is 12.7. The molecule has 0 radical (unpaired) electrons. The van der Waals surface area contributed by atoms with Crippen LogP contribution in [0.5, 0.6) is 0 Å². The molecule has 17 heavy (non-hydrogen) atoms. The first kappa shape index (κ1) is 13.0. The summed E-state index contributed by atoms with van der Waals surface area (Å²) in [7, 11) is 0. The van der Waals surface area contributed by atoms with Crippen molar-refractivity contribution in [1.29, 1.82) is 0 Å². The quantitative estimate of drug-likeness (QED) is 0.762. The highest BCUT2D eigenvalue weighted by molar-refractivity contribution is 5.65. The average Bonchev–Trinajstić information content (AvgIpc) is 2.27. The van der Waals surface area contributed by atoms with Crippen molar-refractivity contribution in [3.63, 3.8) is 0 Å². The van der Waals surface area contributed by atoms with Crippen molar-refractivity contribution in [2.45, 2.75) is 19.9 Å². The molecule has 92 valence electrons. The van der Waals surface area contributed by atoms with Gasteiger partial charge in [-0.1, -0.05) is 24.3 Å². The molecule has 1 aromatic carbocycles. The fourth-order valence-corrected chi connectivity index (χ4v) is 1.31. The normalized spacial score (nSPS) is 9.71. The Kier molecular flexibility index (Phi) is 5.00. The van der Waals surface area contributed by atoms with Gasteiger partial charge in [-0.05, 0) is 11.1 Å². The predicted molar refractivity (Wildman–Crippen MR) is 61.6 cm³/mol. The average molecular weight is 237 g/mol. The molecule has 0 atom stereocenters. The summed E-state index contributed by atoms with van der Waals surface area (Å²) in [6, 6.07) is 7.48. The lowest BCUT2D eigenvalue weighted by atomic mass is 10.1. The van der Waals surface area contributed by atoms with Crippen LogP contribution in [-0.2, 0) is 22.5 Å². The molecule has 1 rings (SSSR count). The number of carboxylic acid groups (broad SMARTS) is 1. The summed E-state index contributed by atoms with van der Waals surface area (Å²) in [5.74, 6) is -0.285. The van der Waals surface area contributed by atoms with E-state index < -0.39 is 6.09 Å². The maximum atomic E-state index is 10.6. The van der Waals surface area contributed by atoms with Gasteiger partial charge in [-0.25, -0.2) is 4.79 Å². The number of carbonyl (C=O) groups excluding carboxylic acids is 1. The van der Waals surface area contributed by atoms with Crippen molar-refractivity contribution in [1.82, 2.24) is 5.32 Å². The smallest absolute Gasteiger partial charge is 0.404 e. The monoisotopic (exact) mass is 237 g/mol. The minimum atomic E-state index is -1.04. The van der Waals surface area contributed by atoms with E-state index in [0.29, 0.717) is 19.6 Å². The molecule has 0 unspecified atom stereocenters. The van der Waals surface area contributed by atoms with Crippen LogP contribution in [0.1, 0.15) is 18.1 Å². The standard InChI is InChI=1S/C12H15NO4/c1-9(14)17-7-6-10-2-4-11(5-3-10)8-13-12(15)16/h2-5,13H,6-8H2,1H3,(H,15,16). The van der Waals surface area contributed by atoms with Crippen molar-refractivity contribution in [3.8, 4) is 0 Å². The van der Waals surface area contributed by atoms with Crippen molar-refractivity contribution < 1.29 is 19.4 Å². The summed E-state index contributed by atoms with van der Waals surface area (Å²) in [6.07, 6.45) is -0.379. The van der Waals surface area contributed by atoms with Gasteiger partial charge in [0.15, 0.2) is 0 Å². The van der Waals surface area contributed by atoms with E-state index in [1.54, 1.807) is 0 Å². The van der Waals surface area contributed by atoms with Crippen LogP contribution in [0.2, 0.25) is 0 Å². The summed E-state index contributed by atoms with van der Waals surface area (Å²) in [5, 5.41) is 10.7. The van der Waals surface area contributed by atoms with Crippen LogP contribution in [-0.4, -0.2) is 23.8 Å². The summed E-state index contributed by atoms with van der Waals surface area (Å²) in [6.45, 7) is 2.03. The molecule has 1 aromatic rings. The topological polar surface area (TPSA) is 75.6 Å². The van der Waals surface area contributed by atoms with E-state index in [0.717, 1.165) is 11.1 Å². The first-order chi connectivity index (χ1) is 8.08. The third-order valence-corrected chi connectivity index (χ3v) is 2.16. The molecule has 0 bridgehead atoms. The van der Waals surface area contributed by atoms with Gasteiger partial charge < -0.3 is 15.2 Å². The zero-order valence-corrected chi connectivity index (χ0v) is 9.60. The number of hydrogen-bond donors (Lipinski definition) is 2. The first-order valence-electron chi connectivity index (χ1n) is 5.26. The Morgan fingerprint density at radius 1 is 1.24 bits per heavy atom. The Labute approximate surface area is 99.4 Å². The van der Waals surface area contributed by atoms with Crippen molar-refractivity contribution in [3.05, 3.63) is 35.4 Å². The van der Waals surface area contributed by atoms with Gasteiger partial charge in [-0.3, -0.25) is 4.79 Å². The fourth-order valence-electron chi connectivity index (χ4n) is 1.31. The lowest BCUT2D eigenvalue weighted by Crippen LogP contribution is -2.19. The third kappa shape index (κ3) is 5.55. The van der Waals surface area contributed by atoms with Crippen molar-refractivity contribution >= 4 is 12.1 Å². The Bertz CT molecular complexity index is 386. The molecule has 1 amide bonds. The molecule has 0 saturated carbocycles. The number of hydrogen-bond acceptors (Lipinski definition) is 3. The molecule has 5 nitrogen and oxygen atoms in total. The van der Waals surface area contributed by atoms with E-state index in [2.05, 4.69) is 5.32 Å². The van der Waals surface area contributed by atoms with Gasteiger partial charge in [-0.15, -0.1) is 0 Å². The fraction of sp³-hybridized carbons (Fsp3) is 0.333. The van der Waals surface area contributed by atoms with Gasteiger partial charge >= 0.3 is 12.1 Å². The molecule has 0 aliphatic carbocycles. The van der Waals surface area contributed by atoms with Crippen LogP contribution in [0.15, 0.2) is 24.3 Å². The number of benzene rings is 1. The first-order valence-corrected chi connectivity index (χ1v) is 5.26. The van der Waals surface area contributed by atoms with Crippen LogP contribution in [0.4, 0.5) is 4.79 Å². The molecule has 0 aliphatic rings. The second kappa shape index (κ2) is 6.52. The minimum absolute atomic E-state index is 0.285. The number of amides is 1. The van der Waals surface area contributed by atoms with Crippen LogP contribution in [0, 0.1) is 0 Å². The van der Waals surface area contributed by atoms with Crippen molar-refractivity contribution in [2.75, 3.05) is 6.61 Å². The second-order valence-electron chi connectivity index (χ2n) is 3.57.